The van der Waals surface area contributed by atoms with Crippen LogP contribution in [0.2, 0.25) is 0 Å². The molecule has 0 aromatic carbocycles. The van der Waals surface area contributed by atoms with Crippen LogP contribution in [0.1, 0.15) is 0 Å². The normalized spacial score (nSPS) is 19.2. The summed E-state index contributed by atoms with van der Waals surface area (Å²) < 4.78 is 10.5. The monoisotopic (exact) mass is 341 g/mol. The summed E-state index contributed by atoms with van der Waals surface area (Å²) in [6.45, 7) is 4.00. The van der Waals surface area contributed by atoms with E-state index in [1.165, 1.54) is 6.33 Å². The highest BCUT2D eigenvalue weighted by Crippen LogP contribution is 2.23. The Kier molecular flexibility index (Phi) is 5.47. The molecule has 3 rings (SSSR count). The summed E-state index contributed by atoms with van der Waals surface area (Å²) in [5, 5.41) is 6.06. The van der Waals surface area contributed by atoms with Crippen molar-refractivity contribution in [1.82, 2.24) is 25.0 Å². The Morgan fingerprint density at radius 2 is 1.57 bits per heavy atom. The van der Waals surface area contributed by atoms with Gasteiger partial charge in [0.05, 0.1) is 26.4 Å². The molecule has 2 fully saturated rings. The third kappa shape index (κ3) is 4.01. The van der Waals surface area contributed by atoms with Gasteiger partial charge in [0.2, 0.25) is 11.8 Å². The Morgan fingerprint density at radius 1 is 1.04 bits per heavy atom. The van der Waals surface area contributed by atoms with Gasteiger partial charge in [-0.05, 0) is 0 Å². The fourth-order valence-corrected chi connectivity index (χ4v) is 3.40. The number of aromatic amines is 1. The van der Waals surface area contributed by atoms with Crippen molar-refractivity contribution in [2.45, 2.75) is 10.4 Å². The summed E-state index contributed by atoms with van der Waals surface area (Å²) in [5.74, 6) is -0.405. The van der Waals surface area contributed by atoms with E-state index in [1.807, 2.05) is 0 Å². The smallest absolute Gasteiger partial charge is 0.245 e. The average molecular weight is 341 g/mol. The summed E-state index contributed by atoms with van der Waals surface area (Å²) in [6.07, 6.45) is 1.36. The van der Waals surface area contributed by atoms with Crippen molar-refractivity contribution in [3.63, 3.8) is 0 Å². The van der Waals surface area contributed by atoms with Crippen LogP contribution < -0.4 is 0 Å². The van der Waals surface area contributed by atoms with Crippen molar-refractivity contribution >= 4 is 23.6 Å². The van der Waals surface area contributed by atoms with Crippen LogP contribution in [-0.2, 0) is 19.1 Å². The lowest BCUT2D eigenvalue weighted by molar-refractivity contribution is -0.144. The molecule has 23 heavy (non-hydrogen) atoms. The molecule has 2 aliphatic rings. The van der Waals surface area contributed by atoms with Gasteiger partial charge in [0.15, 0.2) is 10.4 Å². The molecule has 2 aliphatic heterocycles. The first-order valence-corrected chi connectivity index (χ1v) is 8.39. The molecule has 1 N–H and O–H groups in total. The van der Waals surface area contributed by atoms with Crippen LogP contribution in [0.25, 0.3) is 0 Å². The minimum absolute atomic E-state index is 0.203. The summed E-state index contributed by atoms with van der Waals surface area (Å²) in [6, 6.07) is 0. The molecule has 0 bridgehead atoms. The quantitative estimate of drug-likeness (QED) is 0.553. The zero-order valence-electron chi connectivity index (χ0n) is 12.6. The number of hydrogen-bond acceptors (Lipinski definition) is 7. The molecule has 0 saturated carbocycles. The van der Waals surface area contributed by atoms with Gasteiger partial charge in [0, 0.05) is 26.2 Å². The van der Waals surface area contributed by atoms with Gasteiger partial charge in [-0.3, -0.25) is 14.7 Å². The highest BCUT2D eigenvalue weighted by Gasteiger charge is 2.36. The maximum atomic E-state index is 12.8. The van der Waals surface area contributed by atoms with Crippen LogP contribution in [0.4, 0.5) is 0 Å². The summed E-state index contributed by atoms with van der Waals surface area (Å²) >= 11 is 1.11. The first-order valence-electron chi connectivity index (χ1n) is 7.51. The van der Waals surface area contributed by atoms with Gasteiger partial charge in [-0.15, -0.1) is 0 Å². The zero-order chi connectivity index (χ0) is 16.1. The van der Waals surface area contributed by atoms with E-state index in [1.54, 1.807) is 9.80 Å². The topological polar surface area (TPSA) is 101 Å². The van der Waals surface area contributed by atoms with Crippen LogP contribution in [0.3, 0.4) is 0 Å². The second-order valence-electron chi connectivity index (χ2n) is 5.16. The number of ether oxygens (including phenoxy) is 2. The van der Waals surface area contributed by atoms with E-state index < -0.39 is 5.25 Å². The Balaban J connectivity index is 1.74. The number of amides is 2. The Morgan fingerprint density at radius 3 is 2.00 bits per heavy atom. The molecule has 2 saturated heterocycles. The predicted molar refractivity (Wildman–Crippen MR) is 80.8 cm³/mol. The van der Waals surface area contributed by atoms with E-state index in [0.717, 1.165) is 11.8 Å². The van der Waals surface area contributed by atoms with Gasteiger partial charge in [-0.1, -0.05) is 11.8 Å². The molecular formula is C13H19N5O4S. The van der Waals surface area contributed by atoms with Gasteiger partial charge >= 0.3 is 0 Å². The Bertz CT molecular complexity index is 498. The number of thioether (sulfide) groups is 1. The molecular weight excluding hydrogens is 322 g/mol. The Labute approximate surface area is 137 Å². The van der Waals surface area contributed by atoms with E-state index in [9.17, 15) is 9.59 Å². The highest BCUT2D eigenvalue weighted by atomic mass is 32.2. The minimum atomic E-state index is -0.862. The maximum Gasteiger partial charge on any atom is 0.245 e. The zero-order valence-corrected chi connectivity index (χ0v) is 13.5. The van der Waals surface area contributed by atoms with Crippen molar-refractivity contribution in [3.8, 4) is 0 Å². The molecule has 1 aromatic rings. The van der Waals surface area contributed by atoms with E-state index in [4.69, 9.17) is 9.47 Å². The van der Waals surface area contributed by atoms with Crippen LogP contribution in [0, 0.1) is 0 Å². The second kappa shape index (κ2) is 7.75. The molecule has 0 aliphatic carbocycles. The fourth-order valence-electron chi connectivity index (χ4n) is 2.47. The van der Waals surface area contributed by atoms with Gasteiger partial charge in [-0.25, -0.2) is 4.98 Å². The van der Waals surface area contributed by atoms with Crippen LogP contribution in [0.15, 0.2) is 11.5 Å². The van der Waals surface area contributed by atoms with E-state index in [2.05, 4.69) is 15.2 Å². The van der Waals surface area contributed by atoms with Gasteiger partial charge in [0.25, 0.3) is 0 Å². The number of nitrogens with zero attached hydrogens (tertiary/aromatic N) is 4. The van der Waals surface area contributed by atoms with Gasteiger partial charge in [-0.2, -0.15) is 5.10 Å². The van der Waals surface area contributed by atoms with Crippen molar-refractivity contribution in [3.05, 3.63) is 6.33 Å². The van der Waals surface area contributed by atoms with Crippen molar-refractivity contribution in [2.75, 3.05) is 52.6 Å². The number of H-pyrrole nitrogens is 1. The molecule has 1 aromatic heterocycles. The number of carbonyl (C=O) groups is 2. The third-order valence-corrected chi connectivity index (χ3v) is 4.78. The highest BCUT2D eigenvalue weighted by molar-refractivity contribution is 8.01. The number of rotatable bonds is 4. The first-order chi connectivity index (χ1) is 11.3. The van der Waals surface area contributed by atoms with Gasteiger partial charge < -0.3 is 19.3 Å². The van der Waals surface area contributed by atoms with Crippen LogP contribution in [0.5, 0.6) is 0 Å². The number of aromatic nitrogens is 3. The van der Waals surface area contributed by atoms with Crippen molar-refractivity contribution < 1.29 is 19.1 Å². The van der Waals surface area contributed by atoms with Crippen molar-refractivity contribution in [2.24, 2.45) is 0 Å². The minimum Gasteiger partial charge on any atom is -0.378 e. The lowest BCUT2D eigenvalue weighted by Crippen LogP contribution is -2.52. The Hall–Kier alpha value is -1.65. The van der Waals surface area contributed by atoms with Crippen LogP contribution >= 0.6 is 11.8 Å². The standard InChI is InChI=1S/C13H19N5O4S/c19-11(17-1-5-21-6-2-17)10(23-13-14-9-15-16-13)12(20)18-3-7-22-8-4-18/h9-10H,1-8H2,(H,14,15,16). The molecule has 0 spiro atoms. The average Bonchev–Trinajstić information content (AvgIpc) is 3.13. The van der Waals surface area contributed by atoms with E-state index >= 15 is 0 Å². The molecule has 0 atom stereocenters. The largest absolute Gasteiger partial charge is 0.378 e. The third-order valence-electron chi connectivity index (χ3n) is 3.72. The lowest BCUT2D eigenvalue weighted by Gasteiger charge is -2.33. The fraction of sp³-hybridized carbons (Fsp3) is 0.692. The molecule has 126 valence electrons. The molecule has 9 nitrogen and oxygen atoms in total. The second-order valence-corrected chi connectivity index (χ2v) is 6.26. The molecule has 3 heterocycles. The number of carbonyl (C=O) groups excluding carboxylic acids is 2. The SMILES string of the molecule is O=C(C(Sc1ncn[nH]1)C(=O)N1CCOCC1)N1CCOCC1. The maximum absolute atomic E-state index is 12.8. The first kappa shape index (κ1) is 16.2. The summed E-state index contributed by atoms with van der Waals surface area (Å²) in [4.78, 5) is 33.0. The van der Waals surface area contributed by atoms with E-state index in [-0.39, 0.29) is 11.8 Å². The molecule has 0 radical (unpaired) electrons. The lowest BCUT2D eigenvalue weighted by atomic mass is 10.2. The summed E-state index contributed by atoms with van der Waals surface area (Å²) in [5.41, 5.74) is 0. The molecule has 2 amide bonds. The number of morpholine rings is 2. The van der Waals surface area contributed by atoms with E-state index in [0.29, 0.717) is 57.8 Å². The predicted octanol–water partition coefficient (Wildman–Crippen LogP) is -1.02. The number of nitrogens with one attached hydrogen (secondary N) is 1. The number of hydrogen-bond donors (Lipinski definition) is 1. The molecule has 0 unspecified atom stereocenters. The van der Waals surface area contributed by atoms with Gasteiger partial charge in [0.1, 0.15) is 6.33 Å². The van der Waals surface area contributed by atoms with Crippen LogP contribution in [-0.4, -0.2) is 94.7 Å². The summed E-state index contributed by atoms with van der Waals surface area (Å²) in [7, 11) is 0. The van der Waals surface area contributed by atoms with Crippen molar-refractivity contribution in [1.29, 1.82) is 0 Å². The molecule has 10 heteroatoms.